The summed E-state index contributed by atoms with van der Waals surface area (Å²) in [5.74, 6) is -0.00906. The number of carbonyl (C=O) groups is 1. The maximum atomic E-state index is 12.9. The van der Waals surface area contributed by atoms with Crippen molar-refractivity contribution in [3.63, 3.8) is 0 Å². The Kier molecular flexibility index (Phi) is 6.23. The molecule has 1 amide bonds. The zero-order valence-corrected chi connectivity index (χ0v) is 17.8. The Hall–Kier alpha value is -1.37. The van der Waals surface area contributed by atoms with E-state index in [2.05, 4.69) is 11.4 Å². The van der Waals surface area contributed by atoms with Gasteiger partial charge in [-0.3, -0.25) is 9.69 Å². The fraction of sp³-hybridized carbons (Fsp3) is 0.556. The Morgan fingerprint density at radius 3 is 2.32 bits per heavy atom. The van der Waals surface area contributed by atoms with Gasteiger partial charge in [0.15, 0.2) is 0 Å². The molecule has 1 N–H and O–H groups in total. The van der Waals surface area contributed by atoms with Crippen molar-refractivity contribution in [3.05, 3.63) is 28.2 Å². The van der Waals surface area contributed by atoms with E-state index in [1.807, 2.05) is 4.90 Å². The van der Waals surface area contributed by atoms with Crippen LogP contribution in [-0.4, -0.2) is 61.8 Å². The molecule has 3 rings (SSSR count). The second-order valence-electron chi connectivity index (χ2n) is 7.37. The van der Waals surface area contributed by atoms with Gasteiger partial charge >= 0.3 is 0 Å². The summed E-state index contributed by atoms with van der Waals surface area (Å²) in [6.07, 6.45) is 1.90. The second-order valence-corrected chi connectivity index (χ2v) is 10.1. The summed E-state index contributed by atoms with van der Waals surface area (Å²) >= 11 is 12.1. The molecule has 152 valence electrons. The largest absolute Gasteiger partial charge is 0.337 e. The van der Waals surface area contributed by atoms with Crippen LogP contribution in [0.1, 0.15) is 19.8 Å². The number of rotatable bonds is 6. The molecule has 0 spiro atoms. The first-order valence-corrected chi connectivity index (χ1v) is 11.3. The topological polar surface area (TPSA) is 93.5 Å². The molecule has 0 aromatic heterocycles. The summed E-state index contributed by atoms with van der Waals surface area (Å²) in [6, 6.07) is 6.78. The van der Waals surface area contributed by atoms with Crippen LogP contribution in [0.15, 0.2) is 23.1 Å². The first-order chi connectivity index (χ1) is 13.2. The van der Waals surface area contributed by atoms with Gasteiger partial charge in [-0.1, -0.05) is 29.3 Å². The summed E-state index contributed by atoms with van der Waals surface area (Å²) in [5.41, 5.74) is -0.830. The number of nitrogens with one attached hydrogen (secondary N) is 1. The smallest absolute Gasteiger partial charge is 0.246 e. The third-order valence-electron chi connectivity index (χ3n) is 5.24. The summed E-state index contributed by atoms with van der Waals surface area (Å²) in [6.45, 7) is 3.15. The molecule has 1 heterocycles. The van der Waals surface area contributed by atoms with Crippen LogP contribution in [0.3, 0.4) is 0 Å². The van der Waals surface area contributed by atoms with Crippen LogP contribution in [0.4, 0.5) is 0 Å². The van der Waals surface area contributed by atoms with Crippen LogP contribution in [0.5, 0.6) is 0 Å². The Balaban J connectivity index is 1.59. The van der Waals surface area contributed by atoms with Crippen molar-refractivity contribution in [3.8, 4) is 6.07 Å². The van der Waals surface area contributed by atoms with Gasteiger partial charge in [-0.25, -0.2) is 8.42 Å². The molecular formula is C18H22Cl2N4O3S. The van der Waals surface area contributed by atoms with Crippen molar-refractivity contribution < 1.29 is 13.2 Å². The normalized spacial score (nSPS) is 20.9. The molecule has 1 unspecified atom stereocenters. The lowest BCUT2D eigenvalue weighted by Gasteiger charge is -2.34. The Labute approximate surface area is 175 Å². The molecule has 2 aliphatic rings. The number of benzene rings is 1. The molecule has 0 radical (unpaired) electrons. The predicted octanol–water partition coefficient (Wildman–Crippen LogP) is 2.11. The fourth-order valence-electron chi connectivity index (χ4n) is 3.40. The van der Waals surface area contributed by atoms with Gasteiger partial charge in [0.1, 0.15) is 10.4 Å². The first-order valence-electron chi connectivity index (χ1n) is 9.06. The van der Waals surface area contributed by atoms with Gasteiger partial charge < -0.3 is 5.32 Å². The van der Waals surface area contributed by atoms with Crippen molar-refractivity contribution in [2.45, 2.75) is 30.2 Å². The highest BCUT2D eigenvalue weighted by Crippen LogP contribution is 2.39. The average molecular weight is 445 g/mol. The van der Waals surface area contributed by atoms with Gasteiger partial charge in [0.05, 0.1) is 22.7 Å². The maximum absolute atomic E-state index is 12.9. The first kappa shape index (κ1) is 21.3. The molecule has 10 heteroatoms. The van der Waals surface area contributed by atoms with E-state index in [0.717, 1.165) is 12.8 Å². The van der Waals surface area contributed by atoms with E-state index in [1.54, 1.807) is 13.0 Å². The molecule has 1 saturated heterocycles. The van der Waals surface area contributed by atoms with E-state index < -0.39 is 15.6 Å². The molecular weight excluding hydrogens is 423 g/mol. The van der Waals surface area contributed by atoms with E-state index in [-0.39, 0.29) is 46.4 Å². The van der Waals surface area contributed by atoms with Crippen LogP contribution in [-0.2, 0) is 14.8 Å². The lowest BCUT2D eigenvalue weighted by molar-refractivity contribution is -0.123. The standard InChI is InChI=1S/C18H22Cl2N4O3S/c1-18(12-21,13-5-6-13)22-16(25)11-23-7-9-24(10-8-23)28(26,27)17-14(19)3-2-4-15(17)20/h2-4,13H,5-11H2,1H3,(H,22,25). The van der Waals surface area contributed by atoms with Crippen LogP contribution in [0.2, 0.25) is 10.0 Å². The number of nitriles is 1. The third kappa shape index (κ3) is 4.44. The summed E-state index contributed by atoms with van der Waals surface area (Å²) in [4.78, 5) is 14.1. The van der Waals surface area contributed by atoms with Gasteiger partial charge in [0, 0.05) is 26.2 Å². The van der Waals surface area contributed by atoms with E-state index in [0.29, 0.717) is 13.1 Å². The highest BCUT2D eigenvalue weighted by molar-refractivity contribution is 7.89. The van der Waals surface area contributed by atoms with Gasteiger partial charge in [0.25, 0.3) is 0 Å². The van der Waals surface area contributed by atoms with Crippen LogP contribution >= 0.6 is 23.2 Å². The van der Waals surface area contributed by atoms with Crippen molar-refractivity contribution in [1.29, 1.82) is 5.26 Å². The number of sulfonamides is 1. The van der Waals surface area contributed by atoms with Crippen molar-refractivity contribution in [2.24, 2.45) is 5.92 Å². The highest BCUT2D eigenvalue weighted by atomic mass is 35.5. The molecule has 1 atom stereocenters. The number of amides is 1. The molecule has 1 aromatic rings. The number of hydrogen-bond donors (Lipinski definition) is 1. The Bertz CT molecular complexity index is 886. The van der Waals surface area contributed by atoms with Crippen LogP contribution in [0.25, 0.3) is 0 Å². The van der Waals surface area contributed by atoms with Crippen molar-refractivity contribution >= 4 is 39.1 Å². The number of hydrogen-bond acceptors (Lipinski definition) is 5. The molecule has 2 fully saturated rings. The van der Waals surface area contributed by atoms with Crippen LogP contribution in [0, 0.1) is 17.2 Å². The monoisotopic (exact) mass is 444 g/mol. The lowest BCUT2D eigenvalue weighted by Crippen LogP contribution is -2.54. The van der Waals surface area contributed by atoms with Crippen molar-refractivity contribution in [2.75, 3.05) is 32.7 Å². The minimum absolute atomic E-state index is 0.0845. The van der Waals surface area contributed by atoms with Crippen LogP contribution < -0.4 is 5.32 Å². The molecule has 1 aliphatic carbocycles. The zero-order chi connectivity index (χ0) is 20.5. The molecule has 7 nitrogen and oxygen atoms in total. The summed E-state index contributed by atoms with van der Waals surface area (Å²) in [5, 5.41) is 12.4. The van der Waals surface area contributed by atoms with Gasteiger partial charge in [-0.05, 0) is 37.8 Å². The number of carbonyl (C=O) groups excluding carboxylic acids is 1. The molecule has 1 aromatic carbocycles. The zero-order valence-electron chi connectivity index (χ0n) is 15.5. The van der Waals surface area contributed by atoms with E-state index in [4.69, 9.17) is 23.2 Å². The van der Waals surface area contributed by atoms with Gasteiger partial charge in [0.2, 0.25) is 15.9 Å². The van der Waals surface area contributed by atoms with Gasteiger partial charge in [-0.15, -0.1) is 0 Å². The highest BCUT2D eigenvalue weighted by Gasteiger charge is 2.43. The summed E-state index contributed by atoms with van der Waals surface area (Å²) < 4.78 is 27.1. The third-order valence-corrected chi connectivity index (χ3v) is 8.10. The Morgan fingerprint density at radius 1 is 1.25 bits per heavy atom. The fourth-order valence-corrected chi connectivity index (χ4v) is 5.91. The van der Waals surface area contributed by atoms with E-state index in [1.165, 1.54) is 16.4 Å². The average Bonchev–Trinajstić information content (AvgIpc) is 3.47. The second kappa shape index (κ2) is 8.17. The SMILES string of the molecule is CC(C#N)(NC(=O)CN1CCN(S(=O)(=O)c2c(Cl)cccc2Cl)CC1)C1CC1. The number of nitrogens with zero attached hydrogens (tertiary/aromatic N) is 3. The minimum atomic E-state index is -3.81. The van der Waals surface area contributed by atoms with Crippen molar-refractivity contribution in [1.82, 2.24) is 14.5 Å². The summed E-state index contributed by atoms with van der Waals surface area (Å²) in [7, 11) is -3.81. The molecule has 1 aliphatic heterocycles. The molecule has 28 heavy (non-hydrogen) atoms. The molecule has 0 bridgehead atoms. The lowest BCUT2D eigenvalue weighted by atomic mass is 9.98. The maximum Gasteiger partial charge on any atom is 0.246 e. The minimum Gasteiger partial charge on any atom is -0.337 e. The quantitative estimate of drug-likeness (QED) is 0.724. The van der Waals surface area contributed by atoms with Gasteiger partial charge in [-0.2, -0.15) is 9.57 Å². The predicted molar refractivity (Wildman–Crippen MR) is 107 cm³/mol. The number of piperazine rings is 1. The van der Waals surface area contributed by atoms with E-state index >= 15 is 0 Å². The van der Waals surface area contributed by atoms with E-state index in [9.17, 15) is 18.5 Å². The Morgan fingerprint density at radius 2 is 1.82 bits per heavy atom. The molecule has 1 saturated carbocycles. The number of halogens is 2.